The molecular weight excluding hydrogens is 242 g/mol. The number of nitrogens with zero attached hydrogens (tertiary/aromatic N) is 4. The Morgan fingerprint density at radius 3 is 2.79 bits per heavy atom. The number of hydrogen-bond donors (Lipinski definition) is 1. The first kappa shape index (κ1) is 11.8. The fourth-order valence-corrected chi connectivity index (χ4v) is 3.53. The van der Waals surface area contributed by atoms with E-state index in [1.165, 1.54) is 19.5 Å². The van der Waals surface area contributed by atoms with Crippen molar-refractivity contribution < 1.29 is 4.52 Å². The number of aromatic nitrogens is 2. The molecule has 19 heavy (non-hydrogen) atoms. The summed E-state index contributed by atoms with van der Waals surface area (Å²) in [4.78, 5) is 9.68. The van der Waals surface area contributed by atoms with Crippen LogP contribution in [0.2, 0.25) is 0 Å². The van der Waals surface area contributed by atoms with Crippen molar-refractivity contribution in [2.45, 2.75) is 31.3 Å². The number of hydrogen-bond acceptors (Lipinski definition) is 6. The molecule has 0 amide bonds. The van der Waals surface area contributed by atoms with Gasteiger partial charge in [-0.25, -0.2) is 0 Å². The van der Waals surface area contributed by atoms with E-state index in [1.54, 1.807) is 0 Å². The minimum Gasteiger partial charge on any atom is -0.337 e. The summed E-state index contributed by atoms with van der Waals surface area (Å²) >= 11 is 0. The van der Waals surface area contributed by atoms with Gasteiger partial charge in [-0.15, -0.1) is 0 Å². The van der Waals surface area contributed by atoms with Gasteiger partial charge in [-0.05, 0) is 26.3 Å². The summed E-state index contributed by atoms with van der Waals surface area (Å²) in [6.45, 7) is 8.86. The van der Waals surface area contributed by atoms with Gasteiger partial charge < -0.3 is 9.84 Å². The lowest BCUT2D eigenvalue weighted by Gasteiger charge is -2.46. The van der Waals surface area contributed by atoms with Gasteiger partial charge >= 0.3 is 0 Å². The van der Waals surface area contributed by atoms with Crippen molar-refractivity contribution in [3.8, 4) is 0 Å². The summed E-state index contributed by atoms with van der Waals surface area (Å²) in [7, 11) is 0. The predicted molar refractivity (Wildman–Crippen MR) is 69.6 cm³/mol. The molecule has 1 aromatic heterocycles. The second-order valence-electron chi connectivity index (χ2n) is 6.17. The van der Waals surface area contributed by atoms with E-state index in [0.717, 1.165) is 44.3 Å². The van der Waals surface area contributed by atoms with E-state index < -0.39 is 0 Å². The molecule has 2 bridgehead atoms. The molecule has 0 spiro atoms. The Bertz CT molecular complexity index is 459. The summed E-state index contributed by atoms with van der Waals surface area (Å²) in [6.07, 6.45) is 2.26. The van der Waals surface area contributed by atoms with E-state index in [-0.39, 0.29) is 5.54 Å². The molecule has 4 fully saturated rings. The average molecular weight is 263 g/mol. The molecule has 5 rings (SSSR count). The standard InChI is InChI=1S/C13H21N5O/c1-13(3-2-4-14-13)12-15-11(16-19-12)10-9-17-5-7-18(10)8-6-17/h10,14H,2-9H2,1H3. The van der Waals surface area contributed by atoms with Crippen LogP contribution in [-0.4, -0.2) is 59.2 Å². The van der Waals surface area contributed by atoms with Crippen LogP contribution in [0, 0.1) is 0 Å². The molecule has 1 aromatic rings. The Labute approximate surface area is 113 Å². The van der Waals surface area contributed by atoms with E-state index in [2.05, 4.69) is 27.2 Å². The van der Waals surface area contributed by atoms with Crippen molar-refractivity contribution in [1.82, 2.24) is 25.3 Å². The van der Waals surface area contributed by atoms with Gasteiger partial charge in [0.05, 0.1) is 11.6 Å². The molecule has 0 aliphatic carbocycles. The van der Waals surface area contributed by atoms with Crippen LogP contribution >= 0.6 is 0 Å². The first-order valence-corrected chi connectivity index (χ1v) is 7.30. The smallest absolute Gasteiger partial charge is 0.246 e. The van der Waals surface area contributed by atoms with Crippen LogP contribution in [0.15, 0.2) is 4.52 Å². The lowest BCUT2D eigenvalue weighted by molar-refractivity contribution is 0.00781. The zero-order chi connectivity index (χ0) is 12.9. The molecule has 0 radical (unpaired) electrons. The average Bonchev–Trinajstić information content (AvgIpc) is 3.09. The third kappa shape index (κ3) is 1.89. The van der Waals surface area contributed by atoms with Gasteiger partial charge in [0.25, 0.3) is 0 Å². The highest BCUT2D eigenvalue weighted by molar-refractivity contribution is 5.08. The lowest BCUT2D eigenvalue weighted by Crippen LogP contribution is -2.57. The topological polar surface area (TPSA) is 57.4 Å². The molecular formula is C13H21N5O. The van der Waals surface area contributed by atoms with Crippen LogP contribution in [0.3, 0.4) is 0 Å². The molecule has 104 valence electrons. The van der Waals surface area contributed by atoms with E-state index in [4.69, 9.17) is 9.51 Å². The van der Waals surface area contributed by atoms with Gasteiger partial charge in [0.1, 0.15) is 0 Å². The van der Waals surface area contributed by atoms with Gasteiger partial charge in [-0.2, -0.15) is 4.98 Å². The Morgan fingerprint density at radius 2 is 2.16 bits per heavy atom. The molecule has 4 aliphatic rings. The van der Waals surface area contributed by atoms with Crippen LogP contribution < -0.4 is 5.32 Å². The predicted octanol–water partition coefficient (Wildman–Crippen LogP) is 0.341. The van der Waals surface area contributed by atoms with Gasteiger partial charge in [-0.1, -0.05) is 5.16 Å². The first-order chi connectivity index (χ1) is 9.24. The van der Waals surface area contributed by atoms with Crippen molar-refractivity contribution in [2.75, 3.05) is 39.3 Å². The second-order valence-corrected chi connectivity index (χ2v) is 6.17. The maximum absolute atomic E-state index is 5.54. The summed E-state index contributed by atoms with van der Waals surface area (Å²) < 4.78 is 5.54. The van der Waals surface area contributed by atoms with Crippen molar-refractivity contribution in [1.29, 1.82) is 0 Å². The highest BCUT2D eigenvalue weighted by Crippen LogP contribution is 2.32. The van der Waals surface area contributed by atoms with Crippen LogP contribution in [0.1, 0.15) is 37.5 Å². The van der Waals surface area contributed by atoms with Gasteiger partial charge in [0.15, 0.2) is 5.82 Å². The van der Waals surface area contributed by atoms with E-state index in [0.29, 0.717) is 6.04 Å². The number of fused-ring (bicyclic) bond motifs is 3. The second kappa shape index (κ2) is 4.26. The zero-order valence-corrected chi connectivity index (χ0v) is 11.4. The third-order valence-electron chi connectivity index (χ3n) is 4.86. The molecule has 4 saturated heterocycles. The van der Waals surface area contributed by atoms with Gasteiger partial charge in [0.2, 0.25) is 5.89 Å². The highest BCUT2D eigenvalue weighted by atomic mass is 16.5. The number of rotatable bonds is 2. The molecule has 0 saturated carbocycles. The van der Waals surface area contributed by atoms with Crippen LogP contribution in [-0.2, 0) is 5.54 Å². The molecule has 0 aromatic carbocycles. The maximum Gasteiger partial charge on any atom is 0.246 e. The SMILES string of the molecule is CC1(c2nc(C3CN4CCN3CC4)no2)CCCN1. The van der Waals surface area contributed by atoms with Crippen molar-refractivity contribution in [2.24, 2.45) is 0 Å². The third-order valence-corrected chi connectivity index (χ3v) is 4.86. The summed E-state index contributed by atoms with van der Waals surface area (Å²) in [6, 6.07) is 0.324. The monoisotopic (exact) mass is 263 g/mol. The van der Waals surface area contributed by atoms with Crippen LogP contribution in [0.4, 0.5) is 0 Å². The van der Waals surface area contributed by atoms with E-state index in [1.807, 2.05) is 0 Å². The molecule has 1 N–H and O–H groups in total. The first-order valence-electron chi connectivity index (χ1n) is 7.30. The Balaban J connectivity index is 1.58. The van der Waals surface area contributed by atoms with Crippen molar-refractivity contribution in [3.05, 3.63) is 11.7 Å². The fourth-order valence-electron chi connectivity index (χ4n) is 3.53. The molecule has 6 heteroatoms. The molecule has 6 nitrogen and oxygen atoms in total. The van der Waals surface area contributed by atoms with Gasteiger partial charge in [0, 0.05) is 32.7 Å². The Kier molecular flexibility index (Phi) is 2.65. The summed E-state index contributed by atoms with van der Waals surface area (Å²) in [5.74, 6) is 1.63. The summed E-state index contributed by atoms with van der Waals surface area (Å²) in [5, 5.41) is 7.73. The number of nitrogens with one attached hydrogen (secondary N) is 1. The molecule has 2 atom stereocenters. The van der Waals surface area contributed by atoms with Gasteiger partial charge in [-0.3, -0.25) is 9.80 Å². The largest absolute Gasteiger partial charge is 0.337 e. The van der Waals surface area contributed by atoms with Crippen LogP contribution in [0.5, 0.6) is 0 Å². The van der Waals surface area contributed by atoms with Crippen molar-refractivity contribution in [3.63, 3.8) is 0 Å². The molecule has 2 unspecified atom stereocenters. The Morgan fingerprint density at radius 1 is 1.32 bits per heavy atom. The number of piperazine rings is 3. The Hall–Kier alpha value is -0.980. The van der Waals surface area contributed by atoms with E-state index >= 15 is 0 Å². The normalized spacial score (nSPS) is 41.8. The lowest BCUT2D eigenvalue weighted by atomic mass is 10.0. The minimum absolute atomic E-state index is 0.117. The van der Waals surface area contributed by atoms with Crippen molar-refractivity contribution >= 4 is 0 Å². The molecule has 4 aliphatic heterocycles. The van der Waals surface area contributed by atoms with E-state index in [9.17, 15) is 0 Å². The quantitative estimate of drug-likeness (QED) is 0.830. The molecule has 5 heterocycles. The fraction of sp³-hybridized carbons (Fsp3) is 0.846. The zero-order valence-electron chi connectivity index (χ0n) is 11.4. The summed E-state index contributed by atoms with van der Waals surface area (Å²) in [5.41, 5.74) is -0.117. The highest BCUT2D eigenvalue weighted by Gasteiger charge is 2.39. The minimum atomic E-state index is -0.117. The van der Waals surface area contributed by atoms with Crippen LogP contribution in [0.25, 0.3) is 0 Å². The maximum atomic E-state index is 5.54.